The van der Waals surface area contributed by atoms with Crippen LogP contribution in [0.1, 0.15) is 16.2 Å². The van der Waals surface area contributed by atoms with Crippen molar-refractivity contribution in [1.29, 1.82) is 0 Å². The summed E-state index contributed by atoms with van der Waals surface area (Å²) in [7, 11) is 1.67. The number of rotatable bonds is 4. The number of nitrogens with zero attached hydrogens (tertiary/aromatic N) is 4. The number of carbonyl (C=O) groups is 1. The molecule has 3 aromatic rings. The number of hydrogen-bond donors (Lipinski definition) is 0. The molecular formula is C15H13F3N4OS. The molecule has 1 aromatic carbocycles. The Labute approximate surface area is 139 Å². The molecule has 0 atom stereocenters. The maximum absolute atomic E-state index is 12.9. The second-order valence-corrected chi connectivity index (χ2v) is 6.15. The van der Waals surface area contributed by atoms with Gasteiger partial charge in [0.25, 0.3) is 5.91 Å². The Morgan fingerprint density at radius 2 is 2.12 bits per heavy atom. The van der Waals surface area contributed by atoms with E-state index in [2.05, 4.69) is 9.97 Å². The number of carbonyl (C=O) groups excluding carboxylic acids is 1. The minimum Gasteiger partial charge on any atom is -0.337 e. The summed E-state index contributed by atoms with van der Waals surface area (Å²) in [5.41, 5.74) is 2.54. The molecule has 2 heterocycles. The first-order valence-corrected chi connectivity index (χ1v) is 7.87. The molecule has 0 radical (unpaired) electrons. The molecule has 9 heteroatoms. The van der Waals surface area contributed by atoms with Gasteiger partial charge in [-0.2, -0.15) is 13.2 Å². The Hall–Kier alpha value is -2.42. The highest BCUT2D eigenvalue weighted by Crippen LogP contribution is 2.23. The molecule has 1 amide bonds. The minimum absolute atomic E-state index is 0.199. The topological polar surface area (TPSA) is 51.0 Å². The zero-order valence-electron chi connectivity index (χ0n) is 12.6. The fourth-order valence-electron chi connectivity index (χ4n) is 2.31. The van der Waals surface area contributed by atoms with E-state index in [0.29, 0.717) is 11.3 Å². The first kappa shape index (κ1) is 16.4. The molecule has 0 unspecified atom stereocenters. The van der Waals surface area contributed by atoms with Crippen molar-refractivity contribution in [1.82, 2.24) is 19.4 Å². The van der Waals surface area contributed by atoms with Gasteiger partial charge in [0.1, 0.15) is 12.4 Å². The number of aromatic nitrogens is 3. The third kappa shape index (κ3) is 3.56. The lowest BCUT2D eigenvalue weighted by Crippen LogP contribution is -2.39. The van der Waals surface area contributed by atoms with Crippen LogP contribution in [-0.4, -0.2) is 38.1 Å². The van der Waals surface area contributed by atoms with E-state index in [1.165, 1.54) is 23.6 Å². The summed E-state index contributed by atoms with van der Waals surface area (Å²) in [5.74, 6) is -0.308. The van der Waals surface area contributed by atoms with E-state index in [-0.39, 0.29) is 12.1 Å². The van der Waals surface area contributed by atoms with Crippen LogP contribution in [0.5, 0.6) is 0 Å². The SMILES string of the molecule is Cn1ccnc1CN(CC(F)(F)F)C(=O)c1ccc2ncsc2c1. The number of fused-ring (bicyclic) bond motifs is 1. The number of aryl methyl sites for hydroxylation is 1. The van der Waals surface area contributed by atoms with Crippen molar-refractivity contribution >= 4 is 27.5 Å². The van der Waals surface area contributed by atoms with Crippen molar-refractivity contribution in [3.05, 3.63) is 47.5 Å². The van der Waals surface area contributed by atoms with Crippen LogP contribution < -0.4 is 0 Å². The fraction of sp³-hybridized carbons (Fsp3) is 0.267. The Kier molecular flexibility index (Phi) is 4.27. The van der Waals surface area contributed by atoms with Crippen molar-refractivity contribution in [2.45, 2.75) is 12.7 Å². The summed E-state index contributed by atoms with van der Waals surface area (Å²) >= 11 is 1.33. The van der Waals surface area contributed by atoms with Crippen molar-refractivity contribution in [2.75, 3.05) is 6.54 Å². The van der Waals surface area contributed by atoms with E-state index in [0.717, 1.165) is 9.60 Å². The molecule has 0 bridgehead atoms. The molecule has 24 heavy (non-hydrogen) atoms. The van der Waals surface area contributed by atoms with Gasteiger partial charge in [-0.15, -0.1) is 11.3 Å². The lowest BCUT2D eigenvalue weighted by molar-refractivity contribution is -0.141. The zero-order valence-corrected chi connectivity index (χ0v) is 13.4. The maximum atomic E-state index is 12.9. The van der Waals surface area contributed by atoms with Crippen LogP contribution in [0.15, 0.2) is 36.1 Å². The number of thiazole rings is 1. The standard InChI is InChI=1S/C15H13F3N4OS/c1-21-5-4-19-13(21)7-22(8-15(16,17)18)14(23)10-2-3-11-12(6-10)24-9-20-11/h2-6,9H,7-8H2,1H3. The minimum atomic E-state index is -4.49. The molecule has 2 aromatic heterocycles. The van der Waals surface area contributed by atoms with E-state index < -0.39 is 18.6 Å². The van der Waals surface area contributed by atoms with Gasteiger partial charge in [-0.05, 0) is 18.2 Å². The van der Waals surface area contributed by atoms with E-state index in [1.807, 2.05) is 0 Å². The van der Waals surface area contributed by atoms with Crippen molar-refractivity contribution in [2.24, 2.45) is 7.05 Å². The molecule has 0 aliphatic rings. The average molecular weight is 354 g/mol. The van der Waals surface area contributed by atoms with Gasteiger partial charge in [0.05, 0.1) is 22.3 Å². The van der Waals surface area contributed by atoms with Gasteiger partial charge in [0.2, 0.25) is 0 Å². The molecule has 0 fully saturated rings. The van der Waals surface area contributed by atoms with E-state index in [1.54, 1.807) is 35.5 Å². The number of hydrogen-bond acceptors (Lipinski definition) is 4. The quantitative estimate of drug-likeness (QED) is 0.723. The molecule has 0 aliphatic heterocycles. The van der Waals surface area contributed by atoms with Crippen LogP contribution in [-0.2, 0) is 13.6 Å². The lowest BCUT2D eigenvalue weighted by atomic mass is 10.2. The van der Waals surface area contributed by atoms with Gasteiger partial charge in [-0.1, -0.05) is 0 Å². The third-order valence-electron chi connectivity index (χ3n) is 3.49. The van der Waals surface area contributed by atoms with Crippen LogP contribution in [0.25, 0.3) is 10.2 Å². The first-order valence-electron chi connectivity index (χ1n) is 6.99. The summed E-state index contributed by atoms with van der Waals surface area (Å²) in [5, 5.41) is 0. The molecule has 0 N–H and O–H groups in total. The van der Waals surface area contributed by atoms with Crippen molar-refractivity contribution in [3.8, 4) is 0 Å². The van der Waals surface area contributed by atoms with Gasteiger partial charge in [-0.3, -0.25) is 4.79 Å². The summed E-state index contributed by atoms with van der Waals surface area (Å²) in [6, 6.07) is 4.69. The first-order chi connectivity index (χ1) is 11.3. The number of benzene rings is 1. The third-order valence-corrected chi connectivity index (χ3v) is 4.28. The second kappa shape index (κ2) is 6.23. The Balaban J connectivity index is 1.90. The Morgan fingerprint density at radius 3 is 2.79 bits per heavy atom. The molecule has 0 saturated heterocycles. The van der Waals surface area contributed by atoms with Crippen LogP contribution >= 0.6 is 11.3 Å². The summed E-state index contributed by atoms with van der Waals surface area (Å²) < 4.78 is 41.0. The predicted octanol–water partition coefficient (Wildman–Crippen LogP) is 3.23. The molecule has 0 aliphatic carbocycles. The van der Waals surface area contributed by atoms with E-state index >= 15 is 0 Å². The molecular weight excluding hydrogens is 341 g/mol. The highest BCUT2D eigenvalue weighted by molar-refractivity contribution is 7.16. The van der Waals surface area contributed by atoms with Gasteiger partial charge in [-0.25, -0.2) is 9.97 Å². The number of halogens is 3. The van der Waals surface area contributed by atoms with Crippen LogP contribution in [0.4, 0.5) is 13.2 Å². The highest BCUT2D eigenvalue weighted by Gasteiger charge is 2.34. The van der Waals surface area contributed by atoms with Gasteiger partial charge in [0.15, 0.2) is 0 Å². The number of imidazole rings is 1. The highest BCUT2D eigenvalue weighted by atomic mass is 32.1. The summed E-state index contributed by atoms with van der Waals surface area (Å²) in [6.45, 7) is -1.55. The fourth-order valence-corrected chi connectivity index (χ4v) is 3.02. The van der Waals surface area contributed by atoms with Crippen molar-refractivity contribution in [3.63, 3.8) is 0 Å². The summed E-state index contributed by atoms with van der Waals surface area (Å²) in [4.78, 5) is 21.4. The smallest absolute Gasteiger partial charge is 0.337 e. The normalized spacial score (nSPS) is 11.8. The summed E-state index contributed by atoms with van der Waals surface area (Å²) in [6.07, 6.45) is -1.39. The van der Waals surface area contributed by atoms with Gasteiger partial charge < -0.3 is 9.47 Å². The molecule has 5 nitrogen and oxygen atoms in total. The van der Waals surface area contributed by atoms with Crippen LogP contribution in [0, 0.1) is 0 Å². The monoisotopic (exact) mass is 354 g/mol. The maximum Gasteiger partial charge on any atom is 0.406 e. The number of alkyl halides is 3. The van der Waals surface area contributed by atoms with Crippen LogP contribution in [0.3, 0.4) is 0 Å². The Morgan fingerprint density at radius 1 is 1.33 bits per heavy atom. The van der Waals surface area contributed by atoms with E-state index in [4.69, 9.17) is 0 Å². The molecule has 126 valence electrons. The Bertz CT molecular complexity index is 871. The van der Waals surface area contributed by atoms with Crippen molar-refractivity contribution < 1.29 is 18.0 Å². The largest absolute Gasteiger partial charge is 0.406 e. The number of amides is 1. The predicted molar refractivity (Wildman–Crippen MR) is 83.6 cm³/mol. The molecule has 0 saturated carbocycles. The van der Waals surface area contributed by atoms with Crippen LogP contribution in [0.2, 0.25) is 0 Å². The second-order valence-electron chi connectivity index (χ2n) is 5.27. The van der Waals surface area contributed by atoms with E-state index in [9.17, 15) is 18.0 Å². The van der Waals surface area contributed by atoms with Gasteiger partial charge >= 0.3 is 6.18 Å². The van der Waals surface area contributed by atoms with Gasteiger partial charge in [0, 0.05) is 25.0 Å². The molecule has 0 spiro atoms. The average Bonchev–Trinajstić information content (AvgIpc) is 3.13. The molecule has 3 rings (SSSR count). The lowest BCUT2D eigenvalue weighted by Gasteiger charge is -2.23. The zero-order chi connectivity index (χ0) is 17.3.